The zero-order valence-corrected chi connectivity index (χ0v) is 11.8. The molecule has 3 heterocycles. The van der Waals surface area contributed by atoms with Crippen LogP contribution in [0.3, 0.4) is 0 Å². The molecular weight excluding hydrogens is 276 g/mol. The lowest BCUT2D eigenvalue weighted by Gasteiger charge is -2.29. The zero-order chi connectivity index (χ0) is 13.9. The summed E-state index contributed by atoms with van der Waals surface area (Å²) in [5.41, 5.74) is 0.979. The van der Waals surface area contributed by atoms with Crippen molar-refractivity contribution in [3.8, 4) is 10.8 Å². The van der Waals surface area contributed by atoms with E-state index in [0.29, 0.717) is 13.1 Å². The highest BCUT2D eigenvalue weighted by atomic mass is 32.1. The summed E-state index contributed by atoms with van der Waals surface area (Å²) < 4.78 is 5.33. The highest BCUT2D eigenvalue weighted by Crippen LogP contribution is 2.25. The van der Waals surface area contributed by atoms with Gasteiger partial charge < -0.3 is 9.52 Å². The van der Waals surface area contributed by atoms with Crippen molar-refractivity contribution in [2.24, 2.45) is 5.92 Å². The van der Waals surface area contributed by atoms with E-state index in [-0.39, 0.29) is 5.92 Å². The standard InChI is InChI=1S/C14H16N2O3S/c17-14(18)10-3-1-5-16(7-10)8-11-9-20-13(15-11)12-4-2-6-19-12/h2,4,6,9-10H,1,3,5,7-8H2,(H,17,18). The van der Waals surface area contributed by atoms with Crippen molar-refractivity contribution >= 4 is 17.3 Å². The molecule has 1 saturated heterocycles. The minimum atomic E-state index is -0.691. The maximum Gasteiger partial charge on any atom is 0.307 e. The van der Waals surface area contributed by atoms with Crippen LogP contribution in [0.15, 0.2) is 28.2 Å². The number of carboxylic acid groups (broad SMARTS) is 1. The van der Waals surface area contributed by atoms with Crippen LogP contribution >= 0.6 is 11.3 Å². The molecule has 1 unspecified atom stereocenters. The van der Waals surface area contributed by atoms with Crippen molar-refractivity contribution < 1.29 is 14.3 Å². The van der Waals surface area contributed by atoms with Gasteiger partial charge in [0.1, 0.15) is 0 Å². The molecule has 0 amide bonds. The van der Waals surface area contributed by atoms with Crippen molar-refractivity contribution in [2.45, 2.75) is 19.4 Å². The molecule has 1 N–H and O–H groups in total. The van der Waals surface area contributed by atoms with Crippen LogP contribution in [0.4, 0.5) is 0 Å². The van der Waals surface area contributed by atoms with Crippen molar-refractivity contribution in [2.75, 3.05) is 13.1 Å². The van der Waals surface area contributed by atoms with E-state index in [1.165, 1.54) is 0 Å². The lowest BCUT2D eigenvalue weighted by atomic mass is 9.98. The molecule has 1 atom stereocenters. The molecule has 1 aliphatic rings. The molecule has 1 aliphatic heterocycles. The highest BCUT2D eigenvalue weighted by Gasteiger charge is 2.25. The van der Waals surface area contributed by atoms with Crippen LogP contribution in [0.2, 0.25) is 0 Å². The summed E-state index contributed by atoms with van der Waals surface area (Å²) in [5.74, 6) is -0.153. The summed E-state index contributed by atoms with van der Waals surface area (Å²) in [5, 5.41) is 12.0. The second-order valence-corrected chi connectivity index (χ2v) is 5.89. The van der Waals surface area contributed by atoms with Gasteiger partial charge in [0.25, 0.3) is 0 Å². The number of thiazole rings is 1. The molecule has 0 aliphatic carbocycles. The van der Waals surface area contributed by atoms with E-state index in [1.807, 2.05) is 17.5 Å². The third-order valence-corrected chi connectivity index (χ3v) is 4.43. The Hall–Kier alpha value is -1.66. The number of aliphatic carboxylic acids is 1. The summed E-state index contributed by atoms with van der Waals surface area (Å²) >= 11 is 1.56. The molecule has 20 heavy (non-hydrogen) atoms. The number of carboxylic acids is 1. The van der Waals surface area contributed by atoms with E-state index in [4.69, 9.17) is 9.52 Å². The Morgan fingerprint density at radius 1 is 1.60 bits per heavy atom. The second kappa shape index (κ2) is 5.76. The minimum absolute atomic E-state index is 0.244. The lowest BCUT2D eigenvalue weighted by Crippen LogP contribution is -2.38. The van der Waals surface area contributed by atoms with E-state index in [2.05, 4.69) is 9.88 Å². The summed E-state index contributed by atoms with van der Waals surface area (Å²) in [4.78, 5) is 17.8. The molecule has 2 aromatic heterocycles. The monoisotopic (exact) mass is 292 g/mol. The van der Waals surface area contributed by atoms with E-state index in [0.717, 1.165) is 35.8 Å². The Morgan fingerprint density at radius 2 is 2.50 bits per heavy atom. The summed E-state index contributed by atoms with van der Waals surface area (Å²) in [6.45, 7) is 2.27. The molecular formula is C14H16N2O3S. The first-order chi connectivity index (χ1) is 9.72. The van der Waals surface area contributed by atoms with E-state index in [9.17, 15) is 4.79 Å². The van der Waals surface area contributed by atoms with Gasteiger partial charge >= 0.3 is 5.97 Å². The van der Waals surface area contributed by atoms with Gasteiger partial charge in [-0.1, -0.05) is 0 Å². The van der Waals surface area contributed by atoms with Gasteiger partial charge in [-0.15, -0.1) is 11.3 Å². The van der Waals surface area contributed by atoms with Crippen LogP contribution in [-0.2, 0) is 11.3 Å². The lowest BCUT2D eigenvalue weighted by molar-refractivity contribution is -0.143. The topological polar surface area (TPSA) is 66.6 Å². The predicted octanol–water partition coefficient (Wildman–Crippen LogP) is 2.70. The molecule has 0 aromatic carbocycles. The predicted molar refractivity (Wildman–Crippen MR) is 75.5 cm³/mol. The SMILES string of the molecule is O=C(O)C1CCCN(Cc2csc(-c3ccco3)n2)C1. The summed E-state index contributed by atoms with van der Waals surface area (Å²) in [7, 11) is 0. The molecule has 0 radical (unpaired) electrons. The van der Waals surface area contributed by atoms with Crippen molar-refractivity contribution in [1.29, 1.82) is 0 Å². The van der Waals surface area contributed by atoms with Gasteiger partial charge in [0.15, 0.2) is 10.8 Å². The largest absolute Gasteiger partial charge is 0.481 e. The highest BCUT2D eigenvalue weighted by molar-refractivity contribution is 7.13. The minimum Gasteiger partial charge on any atom is -0.481 e. The molecule has 6 heteroatoms. The summed E-state index contributed by atoms with van der Waals surface area (Å²) in [6.07, 6.45) is 3.35. The number of hydrogen-bond donors (Lipinski definition) is 1. The number of nitrogens with zero attached hydrogens (tertiary/aromatic N) is 2. The van der Waals surface area contributed by atoms with Crippen molar-refractivity contribution in [3.05, 3.63) is 29.5 Å². The first-order valence-electron chi connectivity index (χ1n) is 6.66. The number of aromatic nitrogens is 1. The van der Waals surface area contributed by atoms with E-state index < -0.39 is 5.97 Å². The van der Waals surface area contributed by atoms with Gasteiger partial charge in [-0.3, -0.25) is 9.69 Å². The number of rotatable bonds is 4. The van der Waals surface area contributed by atoms with E-state index in [1.54, 1.807) is 17.6 Å². The second-order valence-electron chi connectivity index (χ2n) is 5.03. The molecule has 1 fully saturated rings. The fourth-order valence-corrected chi connectivity index (χ4v) is 3.30. The maximum absolute atomic E-state index is 11.1. The molecule has 106 valence electrons. The number of likely N-dealkylation sites (tertiary alicyclic amines) is 1. The first-order valence-corrected chi connectivity index (χ1v) is 7.54. The van der Waals surface area contributed by atoms with Crippen LogP contribution in [-0.4, -0.2) is 34.0 Å². The van der Waals surface area contributed by atoms with Gasteiger partial charge in [0.2, 0.25) is 0 Å². The van der Waals surface area contributed by atoms with Gasteiger partial charge in [-0.2, -0.15) is 0 Å². The quantitative estimate of drug-likeness (QED) is 0.938. The fourth-order valence-electron chi connectivity index (χ4n) is 2.52. The third kappa shape index (κ3) is 2.91. The normalized spacial score (nSPS) is 20.1. The molecule has 3 rings (SSSR count). The number of piperidine rings is 1. The number of furan rings is 1. The molecule has 2 aromatic rings. The first kappa shape index (κ1) is 13.3. The van der Waals surface area contributed by atoms with Gasteiger partial charge in [-0.25, -0.2) is 4.98 Å². The van der Waals surface area contributed by atoms with Gasteiger partial charge in [-0.05, 0) is 31.5 Å². The smallest absolute Gasteiger partial charge is 0.307 e. The Labute approximate surface area is 120 Å². The van der Waals surface area contributed by atoms with Crippen molar-refractivity contribution in [1.82, 2.24) is 9.88 Å². The van der Waals surface area contributed by atoms with E-state index >= 15 is 0 Å². The molecule has 0 bridgehead atoms. The average molecular weight is 292 g/mol. The molecule has 0 spiro atoms. The Balaban J connectivity index is 1.64. The summed E-state index contributed by atoms with van der Waals surface area (Å²) in [6, 6.07) is 3.74. The van der Waals surface area contributed by atoms with Crippen LogP contribution in [0, 0.1) is 5.92 Å². The average Bonchev–Trinajstić information content (AvgIpc) is 3.09. The van der Waals surface area contributed by atoms with Crippen molar-refractivity contribution in [3.63, 3.8) is 0 Å². The Bertz CT molecular complexity index is 579. The Kier molecular flexibility index (Phi) is 3.84. The third-order valence-electron chi connectivity index (χ3n) is 3.52. The zero-order valence-electron chi connectivity index (χ0n) is 11.0. The molecule has 0 saturated carbocycles. The Morgan fingerprint density at radius 3 is 3.25 bits per heavy atom. The number of carbonyl (C=O) groups is 1. The fraction of sp³-hybridized carbons (Fsp3) is 0.429. The van der Waals surface area contributed by atoms with Crippen LogP contribution in [0.1, 0.15) is 18.5 Å². The maximum atomic E-state index is 11.1. The van der Waals surface area contributed by atoms with Gasteiger partial charge in [0.05, 0.1) is 17.9 Å². The molecule has 5 nitrogen and oxygen atoms in total. The van der Waals surface area contributed by atoms with Crippen LogP contribution in [0.5, 0.6) is 0 Å². The van der Waals surface area contributed by atoms with Crippen LogP contribution in [0.25, 0.3) is 10.8 Å². The number of hydrogen-bond acceptors (Lipinski definition) is 5. The van der Waals surface area contributed by atoms with Crippen LogP contribution < -0.4 is 0 Å². The van der Waals surface area contributed by atoms with Gasteiger partial charge in [0, 0.05) is 18.5 Å².